The number of sulfonamides is 1. The third-order valence-electron chi connectivity index (χ3n) is 5.60. The van der Waals surface area contributed by atoms with E-state index >= 15 is 0 Å². The Morgan fingerprint density at radius 3 is 2.72 bits per heavy atom. The fraction of sp³-hybridized carbons (Fsp3) is 0.286. The standard InChI is InChI=1S/C21H21ClF3N7O3S/c1-12(28-11-14-18(26)30-32-8-3-6-27-19(14)32)16-10-13-4-2-5-15(22)17(13)20(33)31(16)9-7-29-36(34,35)21(23,24)25/h2-6,8,10,12,28-29H,7,9,11H2,1H3,(H2,26,30)/t12-/m0/s1. The van der Waals surface area contributed by atoms with Gasteiger partial charge in [-0.2, -0.15) is 13.2 Å². The quantitative estimate of drug-likeness (QED) is 0.311. The molecule has 0 fully saturated rings. The van der Waals surface area contributed by atoms with Crippen LogP contribution in [0.4, 0.5) is 19.0 Å². The summed E-state index contributed by atoms with van der Waals surface area (Å²) in [5.41, 5.74) is 1.56. The molecule has 0 bridgehead atoms. The molecule has 10 nitrogen and oxygen atoms in total. The summed E-state index contributed by atoms with van der Waals surface area (Å²) in [6.07, 6.45) is 3.29. The summed E-state index contributed by atoms with van der Waals surface area (Å²) < 4.78 is 65.2. The normalized spacial score (nSPS) is 13.5. The Bertz CT molecular complexity index is 1600. The first-order valence-corrected chi connectivity index (χ1v) is 12.5. The van der Waals surface area contributed by atoms with Gasteiger partial charge in [-0.25, -0.2) is 22.6 Å². The van der Waals surface area contributed by atoms with Crippen molar-refractivity contribution in [3.05, 3.63) is 69.4 Å². The minimum Gasteiger partial charge on any atom is -0.382 e. The summed E-state index contributed by atoms with van der Waals surface area (Å²) in [5, 5.41) is 8.29. The predicted molar refractivity (Wildman–Crippen MR) is 129 cm³/mol. The van der Waals surface area contributed by atoms with Gasteiger partial charge >= 0.3 is 15.5 Å². The molecule has 0 saturated heterocycles. The second kappa shape index (κ2) is 9.69. The molecule has 192 valence electrons. The molecule has 1 atom stereocenters. The molecule has 0 spiro atoms. The number of nitrogens with two attached hydrogens (primary N) is 1. The average molecular weight is 544 g/mol. The van der Waals surface area contributed by atoms with Gasteiger partial charge in [0.15, 0.2) is 11.5 Å². The highest BCUT2D eigenvalue weighted by Gasteiger charge is 2.45. The number of aromatic nitrogens is 4. The summed E-state index contributed by atoms with van der Waals surface area (Å²) in [5.74, 6) is 0.262. The first kappa shape index (κ1) is 25.9. The number of rotatable bonds is 8. The van der Waals surface area contributed by atoms with Gasteiger partial charge in [0.05, 0.1) is 16.0 Å². The van der Waals surface area contributed by atoms with Crippen LogP contribution in [0.3, 0.4) is 0 Å². The molecule has 0 aliphatic rings. The molecule has 4 rings (SSSR count). The van der Waals surface area contributed by atoms with Gasteiger partial charge in [0, 0.05) is 43.8 Å². The summed E-state index contributed by atoms with van der Waals surface area (Å²) in [6.45, 7) is 0.937. The van der Waals surface area contributed by atoms with Crippen LogP contribution in [-0.4, -0.2) is 39.6 Å². The van der Waals surface area contributed by atoms with Gasteiger partial charge in [-0.15, -0.1) is 5.10 Å². The van der Waals surface area contributed by atoms with E-state index in [4.69, 9.17) is 17.3 Å². The lowest BCUT2D eigenvalue weighted by atomic mass is 10.1. The van der Waals surface area contributed by atoms with Gasteiger partial charge in [-0.05, 0) is 30.5 Å². The third kappa shape index (κ3) is 4.89. The van der Waals surface area contributed by atoms with Crippen LogP contribution in [0, 0.1) is 0 Å². The second-order valence-electron chi connectivity index (χ2n) is 7.93. The first-order valence-electron chi connectivity index (χ1n) is 10.6. The molecule has 15 heteroatoms. The number of hydrogen-bond donors (Lipinski definition) is 3. The highest BCUT2D eigenvalue weighted by atomic mass is 35.5. The lowest BCUT2D eigenvalue weighted by Crippen LogP contribution is -2.40. The van der Waals surface area contributed by atoms with Crippen LogP contribution in [0.5, 0.6) is 0 Å². The van der Waals surface area contributed by atoms with Crippen molar-refractivity contribution in [2.24, 2.45) is 0 Å². The van der Waals surface area contributed by atoms with Gasteiger partial charge in [-0.1, -0.05) is 23.7 Å². The van der Waals surface area contributed by atoms with Crippen LogP contribution >= 0.6 is 11.6 Å². The number of hydrogen-bond acceptors (Lipinski definition) is 7. The van der Waals surface area contributed by atoms with Gasteiger partial charge < -0.3 is 15.6 Å². The molecule has 4 N–H and O–H groups in total. The number of halogens is 4. The van der Waals surface area contributed by atoms with Crippen molar-refractivity contribution in [2.45, 2.75) is 31.6 Å². The minimum atomic E-state index is -5.57. The van der Waals surface area contributed by atoms with Crippen LogP contribution in [0.1, 0.15) is 24.2 Å². The van der Waals surface area contributed by atoms with Crippen LogP contribution < -0.4 is 21.3 Å². The number of alkyl halides is 3. The van der Waals surface area contributed by atoms with Crippen molar-refractivity contribution in [3.63, 3.8) is 0 Å². The Kier molecular flexibility index (Phi) is 6.96. The van der Waals surface area contributed by atoms with Crippen LogP contribution in [0.15, 0.2) is 47.5 Å². The fourth-order valence-electron chi connectivity index (χ4n) is 3.82. The Morgan fingerprint density at radius 1 is 1.25 bits per heavy atom. The van der Waals surface area contributed by atoms with Crippen LogP contribution in [0.2, 0.25) is 5.02 Å². The monoisotopic (exact) mass is 543 g/mol. The van der Waals surface area contributed by atoms with E-state index in [2.05, 4.69) is 15.4 Å². The maximum atomic E-state index is 13.3. The second-order valence-corrected chi connectivity index (χ2v) is 10.1. The largest absolute Gasteiger partial charge is 0.511 e. The molecule has 0 aliphatic heterocycles. The molecular formula is C21H21ClF3N7O3S. The molecule has 0 radical (unpaired) electrons. The van der Waals surface area contributed by atoms with Crippen LogP contribution in [-0.2, 0) is 23.1 Å². The van der Waals surface area contributed by atoms with Crippen LogP contribution in [0.25, 0.3) is 16.4 Å². The Hall–Kier alpha value is -3.20. The molecule has 1 aromatic carbocycles. The first-order chi connectivity index (χ1) is 16.9. The van der Waals surface area contributed by atoms with Gasteiger partial charge in [-0.3, -0.25) is 4.79 Å². The minimum absolute atomic E-state index is 0.166. The average Bonchev–Trinajstić information content (AvgIpc) is 3.12. The van der Waals surface area contributed by atoms with Gasteiger partial charge in [0.2, 0.25) is 0 Å². The van der Waals surface area contributed by atoms with E-state index in [1.165, 1.54) is 19.9 Å². The van der Waals surface area contributed by atoms with Crippen molar-refractivity contribution in [2.75, 3.05) is 12.3 Å². The number of nitrogens with one attached hydrogen (secondary N) is 2. The van der Waals surface area contributed by atoms with E-state index < -0.39 is 33.7 Å². The fourth-order valence-corrected chi connectivity index (χ4v) is 4.61. The van der Waals surface area contributed by atoms with E-state index in [0.717, 1.165) is 0 Å². The zero-order chi connectivity index (χ0) is 26.3. The third-order valence-corrected chi connectivity index (χ3v) is 7.11. The summed E-state index contributed by atoms with van der Waals surface area (Å²) in [6, 6.07) is 7.73. The molecular weight excluding hydrogens is 523 g/mol. The topological polar surface area (TPSA) is 136 Å². The maximum Gasteiger partial charge on any atom is 0.511 e. The van der Waals surface area contributed by atoms with Gasteiger partial charge in [0.25, 0.3) is 5.56 Å². The molecule has 36 heavy (non-hydrogen) atoms. The van der Waals surface area contributed by atoms with Gasteiger partial charge in [0.1, 0.15) is 0 Å². The Balaban J connectivity index is 1.67. The summed E-state index contributed by atoms with van der Waals surface area (Å²) in [4.78, 5) is 17.6. The lowest BCUT2D eigenvalue weighted by molar-refractivity contribution is -0.0447. The Labute approximate surface area is 207 Å². The zero-order valence-corrected chi connectivity index (χ0v) is 20.3. The molecule has 3 heterocycles. The molecule has 0 amide bonds. The smallest absolute Gasteiger partial charge is 0.382 e. The highest BCUT2D eigenvalue weighted by molar-refractivity contribution is 7.90. The van der Waals surface area contributed by atoms with E-state index in [-0.39, 0.29) is 29.3 Å². The summed E-state index contributed by atoms with van der Waals surface area (Å²) in [7, 11) is -5.57. The number of nitrogens with zero attached hydrogens (tertiary/aromatic N) is 4. The maximum absolute atomic E-state index is 13.3. The van der Waals surface area contributed by atoms with Crippen molar-refractivity contribution < 1.29 is 21.6 Å². The molecule has 4 aromatic rings. The van der Waals surface area contributed by atoms with E-state index in [9.17, 15) is 26.4 Å². The number of anilines is 1. The lowest BCUT2D eigenvalue weighted by Gasteiger charge is -2.21. The van der Waals surface area contributed by atoms with E-state index in [1.54, 1.807) is 43.6 Å². The van der Waals surface area contributed by atoms with Crippen molar-refractivity contribution >= 4 is 43.9 Å². The molecule has 3 aromatic heterocycles. The SMILES string of the molecule is C[C@H](NCc1c(N)nn2cccnc12)c1cc2cccc(Cl)c2c(=O)n1CCNS(=O)(=O)C(F)(F)F. The van der Waals surface area contributed by atoms with E-state index in [0.29, 0.717) is 22.3 Å². The predicted octanol–water partition coefficient (Wildman–Crippen LogP) is 2.57. The van der Waals surface area contributed by atoms with E-state index in [1.807, 2.05) is 0 Å². The Morgan fingerprint density at radius 2 is 2.00 bits per heavy atom. The number of pyridine rings is 1. The van der Waals surface area contributed by atoms with Crippen molar-refractivity contribution in [3.8, 4) is 0 Å². The highest BCUT2D eigenvalue weighted by Crippen LogP contribution is 2.25. The summed E-state index contributed by atoms with van der Waals surface area (Å²) >= 11 is 6.21. The van der Waals surface area contributed by atoms with Crippen molar-refractivity contribution in [1.29, 1.82) is 0 Å². The molecule has 0 unspecified atom stereocenters. The molecule has 0 aliphatic carbocycles. The number of nitrogen functional groups attached to an aromatic ring is 1. The zero-order valence-electron chi connectivity index (χ0n) is 18.8. The number of benzene rings is 1. The molecule has 0 saturated carbocycles. The van der Waals surface area contributed by atoms with Crippen molar-refractivity contribution in [1.82, 2.24) is 29.2 Å². The number of fused-ring (bicyclic) bond motifs is 2.